The summed E-state index contributed by atoms with van der Waals surface area (Å²) in [6, 6.07) is -0.288. The molecule has 0 saturated carbocycles. The molecule has 2 unspecified atom stereocenters. The third-order valence-corrected chi connectivity index (χ3v) is 3.33. The number of carboxylic acid groups (broad SMARTS) is 1. The second kappa shape index (κ2) is 7.33. The Balaban J connectivity index is 2.42. The lowest BCUT2D eigenvalue weighted by molar-refractivity contribution is -0.145. The molecule has 1 amide bonds. The quantitative estimate of drug-likeness (QED) is 0.652. The molecule has 1 saturated heterocycles. The fourth-order valence-corrected chi connectivity index (χ4v) is 2.15. The van der Waals surface area contributed by atoms with E-state index in [0.29, 0.717) is 26.1 Å². The van der Waals surface area contributed by atoms with Crippen LogP contribution in [0.25, 0.3) is 0 Å². The van der Waals surface area contributed by atoms with Crippen molar-refractivity contribution >= 4 is 11.9 Å². The Bertz CT molecular complexity index is 296. The minimum Gasteiger partial charge on any atom is -0.481 e. The number of likely N-dealkylation sites (tertiary alicyclic amines) is 1. The molecular weight excluding hydrogens is 236 g/mol. The van der Waals surface area contributed by atoms with Gasteiger partial charge in [0, 0.05) is 20.2 Å². The summed E-state index contributed by atoms with van der Waals surface area (Å²) in [6.07, 6.45) is 1.52. The topological polar surface area (TPSA) is 78.9 Å². The summed E-state index contributed by atoms with van der Waals surface area (Å²) in [5, 5.41) is 11.8. The smallest absolute Gasteiger partial charge is 0.307 e. The molecule has 2 atom stereocenters. The molecule has 6 nitrogen and oxygen atoms in total. The van der Waals surface area contributed by atoms with Gasteiger partial charge in [-0.05, 0) is 26.3 Å². The lowest BCUT2D eigenvalue weighted by atomic mass is 9.97. The number of hydrogen-bond acceptors (Lipinski definition) is 4. The van der Waals surface area contributed by atoms with E-state index in [0.717, 1.165) is 13.0 Å². The fourth-order valence-electron chi connectivity index (χ4n) is 2.15. The fraction of sp³-hybridized carbons (Fsp3) is 0.833. The number of piperidine rings is 1. The van der Waals surface area contributed by atoms with Crippen molar-refractivity contribution < 1.29 is 19.4 Å². The van der Waals surface area contributed by atoms with Gasteiger partial charge in [0.2, 0.25) is 5.91 Å². The van der Waals surface area contributed by atoms with Gasteiger partial charge in [-0.1, -0.05) is 0 Å². The van der Waals surface area contributed by atoms with E-state index < -0.39 is 5.97 Å². The molecular formula is C12H22N2O4. The first-order chi connectivity index (χ1) is 8.56. The van der Waals surface area contributed by atoms with Gasteiger partial charge in [-0.15, -0.1) is 0 Å². The van der Waals surface area contributed by atoms with E-state index in [1.165, 1.54) is 0 Å². The van der Waals surface area contributed by atoms with Gasteiger partial charge in [-0.3, -0.25) is 14.5 Å². The minimum absolute atomic E-state index is 0.0712. The van der Waals surface area contributed by atoms with Gasteiger partial charge in [-0.2, -0.15) is 0 Å². The van der Waals surface area contributed by atoms with Crippen LogP contribution in [-0.2, 0) is 14.3 Å². The van der Waals surface area contributed by atoms with Crippen LogP contribution in [0.15, 0.2) is 0 Å². The number of nitrogens with zero attached hydrogens (tertiary/aromatic N) is 1. The van der Waals surface area contributed by atoms with Gasteiger partial charge in [0.15, 0.2) is 0 Å². The normalized spacial score (nSPS) is 22.4. The largest absolute Gasteiger partial charge is 0.481 e. The summed E-state index contributed by atoms with van der Waals surface area (Å²) < 4.78 is 4.86. The lowest BCUT2D eigenvalue weighted by Crippen LogP contribution is -2.50. The maximum atomic E-state index is 11.8. The summed E-state index contributed by atoms with van der Waals surface area (Å²) >= 11 is 0. The first kappa shape index (κ1) is 14.9. The second-order valence-corrected chi connectivity index (χ2v) is 4.63. The highest BCUT2D eigenvalue weighted by molar-refractivity contribution is 5.81. The number of rotatable bonds is 6. The zero-order valence-corrected chi connectivity index (χ0v) is 11.0. The van der Waals surface area contributed by atoms with Crippen LogP contribution in [0.1, 0.15) is 19.8 Å². The number of nitrogens with one attached hydrogen (secondary N) is 1. The summed E-state index contributed by atoms with van der Waals surface area (Å²) in [5.74, 6) is -1.20. The molecule has 0 aromatic carbocycles. The van der Waals surface area contributed by atoms with Crippen LogP contribution in [0.5, 0.6) is 0 Å². The van der Waals surface area contributed by atoms with E-state index in [4.69, 9.17) is 9.84 Å². The van der Waals surface area contributed by atoms with E-state index >= 15 is 0 Å². The van der Waals surface area contributed by atoms with Crippen LogP contribution < -0.4 is 5.32 Å². The minimum atomic E-state index is -0.772. The summed E-state index contributed by atoms with van der Waals surface area (Å²) in [6.45, 7) is 4.01. The standard InChI is InChI=1S/C12H22N2O4/c1-9(11(15)13-5-7-18-2)14-6-3-4-10(8-14)12(16)17/h9-10H,3-8H2,1-2H3,(H,13,15)(H,16,17). The van der Waals surface area contributed by atoms with Crippen LogP contribution in [0.2, 0.25) is 0 Å². The Morgan fingerprint density at radius 3 is 2.89 bits per heavy atom. The molecule has 6 heteroatoms. The average molecular weight is 258 g/mol. The third kappa shape index (κ3) is 4.27. The van der Waals surface area contributed by atoms with Crippen LogP contribution in [-0.4, -0.2) is 61.3 Å². The van der Waals surface area contributed by atoms with Gasteiger partial charge >= 0.3 is 5.97 Å². The van der Waals surface area contributed by atoms with E-state index in [1.54, 1.807) is 7.11 Å². The number of amides is 1. The molecule has 0 radical (unpaired) electrons. The molecule has 0 aromatic heterocycles. The summed E-state index contributed by atoms with van der Waals surface area (Å²) in [7, 11) is 1.58. The molecule has 1 aliphatic rings. The number of carbonyl (C=O) groups is 2. The van der Waals surface area contributed by atoms with E-state index in [-0.39, 0.29) is 17.9 Å². The van der Waals surface area contributed by atoms with Gasteiger partial charge in [0.1, 0.15) is 0 Å². The van der Waals surface area contributed by atoms with Gasteiger partial charge in [0.25, 0.3) is 0 Å². The Labute approximate surface area is 107 Å². The molecule has 18 heavy (non-hydrogen) atoms. The number of carboxylic acids is 1. The summed E-state index contributed by atoms with van der Waals surface area (Å²) in [5.41, 5.74) is 0. The van der Waals surface area contributed by atoms with Crippen molar-refractivity contribution in [3.63, 3.8) is 0 Å². The SMILES string of the molecule is COCCNC(=O)C(C)N1CCCC(C(=O)O)C1. The Hall–Kier alpha value is -1.14. The predicted octanol–water partition coefficient (Wildman–Crippen LogP) is -0.0659. The molecule has 1 fully saturated rings. The van der Waals surface area contributed by atoms with Crippen molar-refractivity contribution in [3.8, 4) is 0 Å². The van der Waals surface area contributed by atoms with Crippen molar-refractivity contribution in [2.45, 2.75) is 25.8 Å². The van der Waals surface area contributed by atoms with Crippen molar-refractivity contribution in [1.29, 1.82) is 0 Å². The van der Waals surface area contributed by atoms with Gasteiger partial charge in [0.05, 0.1) is 18.6 Å². The average Bonchev–Trinajstić information content (AvgIpc) is 2.38. The van der Waals surface area contributed by atoms with Crippen LogP contribution in [0, 0.1) is 5.92 Å². The zero-order valence-electron chi connectivity index (χ0n) is 11.0. The highest BCUT2D eigenvalue weighted by Crippen LogP contribution is 2.18. The molecule has 0 spiro atoms. The maximum absolute atomic E-state index is 11.8. The van der Waals surface area contributed by atoms with Gasteiger partial charge < -0.3 is 15.2 Å². The van der Waals surface area contributed by atoms with E-state index in [1.807, 2.05) is 11.8 Å². The Kier molecular flexibility index (Phi) is 6.07. The molecule has 0 aromatic rings. The van der Waals surface area contributed by atoms with Gasteiger partial charge in [-0.25, -0.2) is 0 Å². The first-order valence-corrected chi connectivity index (χ1v) is 6.29. The highest BCUT2D eigenvalue weighted by atomic mass is 16.5. The van der Waals surface area contributed by atoms with Crippen LogP contribution in [0.3, 0.4) is 0 Å². The van der Waals surface area contributed by atoms with Crippen LogP contribution in [0.4, 0.5) is 0 Å². The van der Waals surface area contributed by atoms with Crippen molar-refractivity contribution in [2.75, 3.05) is 33.4 Å². The Morgan fingerprint density at radius 1 is 1.56 bits per heavy atom. The molecule has 2 N–H and O–H groups in total. The highest BCUT2D eigenvalue weighted by Gasteiger charge is 2.30. The predicted molar refractivity (Wildman–Crippen MR) is 66.3 cm³/mol. The van der Waals surface area contributed by atoms with E-state index in [2.05, 4.69) is 5.32 Å². The maximum Gasteiger partial charge on any atom is 0.307 e. The lowest BCUT2D eigenvalue weighted by Gasteiger charge is -2.34. The molecule has 0 bridgehead atoms. The summed E-state index contributed by atoms with van der Waals surface area (Å²) in [4.78, 5) is 24.7. The number of ether oxygens (including phenoxy) is 1. The molecule has 0 aliphatic carbocycles. The second-order valence-electron chi connectivity index (χ2n) is 4.63. The molecule has 1 aliphatic heterocycles. The monoisotopic (exact) mass is 258 g/mol. The number of methoxy groups -OCH3 is 1. The van der Waals surface area contributed by atoms with Crippen molar-refractivity contribution in [1.82, 2.24) is 10.2 Å². The van der Waals surface area contributed by atoms with Crippen LogP contribution >= 0.6 is 0 Å². The molecule has 104 valence electrons. The third-order valence-electron chi connectivity index (χ3n) is 3.33. The number of carbonyl (C=O) groups excluding carboxylic acids is 1. The first-order valence-electron chi connectivity index (χ1n) is 6.29. The number of aliphatic carboxylic acids is 1. The Morgan fingerprint density at radius 2 is 2.28 bits per heavy atom. The zero-order chi connectivity index (χ0) is 13.5. The van der Waals surface area contributed by atoms with Crippen molar-refractivity contribution in [2.24, 2.45) is 5.92 Å². The number of hydrogen-bond donors (Lipinski definition) is 2. The molecule has 1 heterocycles. The molecule has 1 rings (SSSR count). The van der Waals surface area contributed by atoms with E-state index in [9.17, 15) is 9.59 Å². The van der Waals surface area contributed by atoms with Crippen molar-refractivity contribution in [3.05, 3.63) is 0 Å².